The zero-order valence-electron chi connectivity index (χ0n) is 15.8. The fourth-order valence-electron chi connectivity index (χ4n) is 4.08. The highest BCUT2D eigenvalue weighted by Crippen LogP contribution is 2.34. The van der Waals surface area contributed by atoms with E-state index in [9.17, 15) is 4.79 Å². The number of hydrogen-bond donors (Lipinski definition) is 0. The molecule has 2 aromatic rings. The van der Waals surface area contributed by atoms with E-state index in [1.54, 1.807) is 7.11 Å². The molecule has 2 aliphatic heterocycles. The third-order valence-corrected chi connectivity index (χ3v) is 5.33. The van der Waals surface area contributed by atoms with Gasteiger partial charge in [-0.2, -0.15) is 0 Å². The highest BCUT2D eigenvalue weighted by molar-refractivity contribution is 5.95. The molecule has 2 heterocycles. The molecule has 0 spiro atoms. The molecule has 27 heavy (non-hydrogen) atoms. The van der Waals surface area contributed by atoms with E-state index in [2.05, 4.69) is 11.0 Å². The Hall–Kier alpha value is -2.53. The van der Waals surface area contributed by atoms with Gasteiger partial charge in [0.15, 0.2) is 11.5 Å². The van der Waals surface area contributed by atoms with Crippen molar-refractivity contribution in [3.8, 4) is 11.5 Å². The van der Waals surface area contributed by atoms with Crippen molar-refractivity contribution in [2.24, 2.45) is 5.92 Å². The molecule has 1 saturated heterocycles. The van der Waals surface area contributed by atoms with Gasteiger partial charge in [0.1, 0.15) is 0 Å². The molecule has 5 heteroatoms. The minimum atomic E-state index is 0.226. The van der Waals surface area contributed by atoms with Gasteiger partial charge in [-0.05, 0) is 30.5 Å². The van der Waals surface area contributed by atoms with Crippen LogP contribution in [0, 0.1) is 5.92 Å². The first-order valence-corrected chi connectivity index (χ1v) is 9.61. The van der Waals surface area contributed by atoms with Gasteiger partial charge in [0, 0.05) is 43.9 Å². The predicted octanol–water partition coefficient (Wildman–Crippen LogP) is 3.33. The number of anilines is 1. The summed E-state index contributed by atoms with van der Waals surface area (Å²) in [6, 6.07) is 16.0. The number of amides is 1. The van der Waals surface area contributed by atoms with Gasteiger partial charge in [-0.1, -0.05) is 30.3 Å². The SMILES string of the molecule is COc1cccc2c1OCCCN(C[C@H]1CC(=O)N(c3ccccc3)C1)C2. The van der Waals surface area contributed by atoms with Crippen molar-refractivity contribution in [1.82, 2.24) is 4.90 Å². The van der Waals surface area contributed by atoms with Crippen molar-refractivity contribution in [1.29, 1.82) is 0 Å². The number of nitrogens with zero attached hydrogens (tertiary/aromatic N) is 2. The second-order valence-corrected chi connectivity index (χ2v) is 7.30. The summed E-state index contributed by atoms with van der Waals surface area (Å²) >= 11 is 0. The highest BCUT2D eigenvalue weighted by atomic mass is 16.5. The Morgan fingerprint density at radius 3 is 2.81 bits per heavy atom. The highest BCUT2D eigenvalue weighted by Gasteiger charge is 2.32. The Morgan fingerprint density at radius 2 is 2.00 bits per heavy atom. The average molecular weight is 366 g/mol. The molecular formula is C22H26N2O3. The van der Waals surface area contributed by atoms with Gasteiger partial charge in [0.25, 0.3) is 0 Å². The van der Waals surface area contributed by atoms with E-state index < -0.39 is 0 Å². The number of para-hydroxylation sites is 2. The van der Waals surface area contributed by atoms with E-state index >= 15 is 0 Å². The van der Waals surface area contributed by atoms with Gasteiger partial charge >= 0.3 is 0 Å². The van der Waals surface area contributed by atoms with Crippen LogP contribution in [0.5, 0.6) is 11.5 Å². The van der Waals surface area contributed by atoms with E-state index in [0.29, 0.717) is 18.9 Å². The number of fused-ring (bicyclic) bond motifs is 1. The van der Waals surface area contributed by atoms with Crippen LogP contribution in [0.1, 0.15) is 18.4 Å². The molecule has 142 valence electrons. The summed E-state index contributed by atoms with van der Waals surface area (Å²) in [4.78, 5) is 16.9. The molecule has 1 amide bonds. The molecule has 1 fully saturated rings. The van der Waals surface area contributed by atoms with Gasteiger partial charge in [0.05, 0.1) is 13.7 Å². The molecule has 0 bridgehead atoms. The minimum absolute atomic E-state index is 0.226. The summed E-state index contributed by atoms with van der Waals surface area (Å²) in [5, 5.41) is 0. The zero-order valence-corrected chi connectivity index (χ0v) is 15.8. The largest absolute Gasteiger partial charge is 0.493 e. The molecule has 5 nitrogen and oxygen atoms in total. The lowest BCUT2D eigenvalue weighted by atomic mass is 10.1. The first kappa shape index (κ1) is 17.9. The molecular weight excluding hydrogens is 340 g/mol. The molecule has 1 atom stereocenters. The number of carbonyl (C=O) groups excluding carboxylic acids is 1. The quantitative estimate of drug-likeness (QED) is 0.832. The Kier molecular flexibility index (Phi) is 5.30. The van der Waals surface area contributed by atoms with Crippen molar-refractivity contribution in [3.63, 3.8) is 0 Å². The molecule has 0 unspecified atom stereocenters. The van der Waals surface area contributed by atoms with E-state index in [1.165, 1.54) is 0 Å². The van der Waals surface area contributed by atoms with Gasteiger partial charge in [-0.3, -0.25) is 9.69 Å². The predicted molar refractivity (Wildman–Crippen MR) is 105 cm³/mol. The standard InChI is InChI=1S/C22H26N2O3/c1-26-20-10-5-7-18-16-23(11-6-12-27-22(18)20)14-17-13-21(25)24(15-17)19-8-3-2-4-9-19/h2-5,7-10,17H,6,11-16H2,1H3/t17-/m1/s1. The maximum absolute atomic E-state index is 12.5. The minimum Gasteiger partial charge on any atom is -0.493 e. The number of hydrogen-bond acceptors (Lipinski definition) is 4. The van der Waals surface area contributed by atoms with Crippen molar-refractivity contribution in [3.05, 3.63) is 54.1 Å². The summed E-state index contributed by atoms with van der Waals surface area (Å²) in [5.41, 5.74) is 2.15. The third-order valence-electron chi connectivity index (χ3n) is 5.33. The Morgan fingerprint density at radius 1 is 1.15 bits per heavy atom. The molecule has 0 saturated carbocycles. The van der Waals surface area contributed by atoms with E-state index in [4.69, 9.17) is 9.47 Å². The lowest BCUT2D eigenvalue weighted by Gasteiger charge is -2.29. The van der Waals surface area contributed by atoms with E-state index in [-0.39, 0.29) is 5.91 Å². The van der Waals surface area contributed by atoms with Crippen LogP contribution >= 0.6 is 0 Å². The Balaban J connectivity index is 1.46. The number of benzene rings is 2. The van der Waals surface area contributed by atoms with Crippen molar-refractivity contribution in [2.45, 2.75) is 19.4 Å². The summed E-state index contributed by atoms with van der Waals surface area (Å²) in [5.74, 6) is 2.23. The Bertz CT molecular complexity index is 793. The van der Waals surface area contributed by atoms with Crippen molar-refractivity contribution < 1.29 is 14.3 Å². The Labute approximate surface area is 160 Å². The van der Waals surface area contributed by atoms with Crippen molar-refractivity contribution in [2.75, 3.05) is 38.3 Å². The van der Waals surface area contributed by atoms with Gasteiger partial charge in [-0.25, -0.2) is 0 Å². The summed E-state index contributed by atoms with van der Waals surface area (Å²) < 4.78 is 11.4. The van der Waals surface area contributed by atoms with Crippen LogP contribution < -0.4 is 14.4 Å². The first-order valence-electron chi connectivity index (χ1n) is 9.61. The van der Waals surface area contributed by atoms with E-state index in [1.807, 2.05) is 47.4 Å². The second-order valence-electron chi connectivity index (χ2n) is 7.30. The van der Waals surface area contributed by atoms with Crippen LogP contribution in [0.4, 0.5) is 5.69 Å². The number of carbonyl (C=O) groups is 1. The third kappa shape index (κ3) is 3.93. The summed E-state index contributed by atoms with van der Waals surface area (Å²) in [6.07, 6.45) is 1.59. The maximum atomic E-state index is 12.5. The molecule has 2 aliphatic rings. The van der Waals surface area contributed by atoms with Crippen LogP contribution in [-0.2, 0) is 11.3 Å². The molecule has 0 N–H and O–H groups in total. The zero-order chi connectivity index (χ0) is 18.6. The molecule has 0 radical (unpaired) electrons. The molecule has 2 aromatic carbocycles. The lowest BCUT2D eigenvalue weighted by molar-refractivity contribution is -0.117. The molecule has 0 aliphatic carbocycles. The van der Waals surface area contributed by atoms with Crippen molar-refractivity contribution >= 4 is 11.6 Å². The smallest absolute Gasteiger partial charge is 0.227 e. The number of ether oxygens (including phenoxy) is 2. The fraction of sp³-hybridized carbons (Fsp3) is 0.409. The molecule has 0 aromatic heterocycles. The van der Waals surface area contributed by atoms with Gasteiger partial charge < -0.3 is 14.4 Å². The van der Waals surface area contributed by atoms with Crippen LogP contribution in [0.15, 0.2) is 48.5 Å². The van der Waals surface area contributed by atoms with Crippen LogP contribution in [-0.4, -0.2) is 44.2 Å². The first-order chi connectivity index (χ1) is 13.2. The van der Waals surface area contributed by atoms with Gasteiger partial charge in [0.2, 0.25) is 5.91 Å². The monoisotopic (exact) mass is 366 g/mol. The van der Waals surface area contributed by atoms with E-state index in [0.717, 1.165) is 55.3 Å². The summed E-state index contributed by atoms with van der Waals surface area (Å²) in [7, 11) is 1.68. The second kappa shape index (κ2) is 8.01. The lowest BCUT2D eigenvalue weighted by Crippen LogP contribution is -2.33. The number of rotatable bonds is 4. The fourth-order valence-corrected chi connectivity index (χ4v) is 4.08. The maximum Gasteiger partial charge on any atom is 0.227 e. The summed E-state index contributed by atoms with van der Waals surface area (Å²) in [6.45, 7) is 4.20. The van der Waals surface area contributed by atoms with Crippen LogP contribution in [0.3, 0.4) is 0 Å². The van der Waals surface area contributed by atoms with Gasteiger partial charge in [-0.15, -0.1) is 0 Å². The van der Waals surface area contributed by atoms with Crippen LogP contribution in [0.2, 0.25) is 0 Å². The van der Waals surface area contributed by atoms with Crippen LogP contribution in [0.25, 0.3) is 0 Å². The topological polar surface area (TPSA) is 42.0 Å². The molecule has 4 rings (SSSR count). The average Bonchev–Trinajstić information content (AvgIpc) is 3.04. The normalized spacial score (nSPS) is 20.6. The number of methoxy groups -OCH3 is 1.